The van der Waals surface area contributed by atoms with Crippen molar-refractivity contribution in [2.45, 2.75) is 44.2 Å². The summed E-state index contributed by atoms with van der Waals surface area (Å²) in [5.74, 6) is 0.321. The van der Waals surface area contributed by atoms with Crippen LogP contribution in [0.15, 0.2) is 35.5 Å². The fraction of sp³-hybridized carbons (Fsp3) is 0.526. The molecule has 0 aliphatic carbocycles. The number of nitrogens with zero attached hydrogens (tertiary/aromatic N) is 2. The minimum absolute atomic E-state index is 0.0127. The molecule has 0 aromatic heterocycles. The molecule has 0 spiro atoms. The second-order valence-corrected chi connectivity index (χ2v) is 7.07. The summed E-state index contributed by atoms with van der Waals surface area (Å²) >= 11 is 0. The zero-order chi connectivity index (χ0) is 17.2. The smallest absolute Gasteiger partial charge is 0.267 e. The van der Waals surface area contributed by atoms with Crippen molar-refractivity contribution >= 4 is 17.5 Å². The van der Waals surface area contributed by atoms with E-state index in [4.69, 9.17) is 4.84 Å². The molecule has 2 fully saturated rings. The molecule has 1 N–H and O–H groups in total. The minimum atomic E-state index is -0.541. The molecule has 3 heterocycles. The van der Waals surface area contributed by atoms with Gasteiger partial charge in [-0.2, -0.15) is 0 Å². The third-order valence-corrected chi connectivity index (χ3v) is 5.44. The lowest BCUT2D eigenvalue weighted by molar-refractivity contribution is -0.147. The van der Waals surface area contributed by atoms with Gasteiger partial charge in [-0.15, -0.1) is 0 Å². The molecule has 0 radical (unpaired) electrons. The van der Waals surface area contributed by atoms with E-state index in [2.05, 4.69) is 10.5 Å². The molecular formula is C19H23N3O3. The van der Waals surface area contributed by atoms with Crippen LogP contribution >= 0.6 is 0 Å². The van der Waals surface area contributed by atoms with Crippen LogP contribution in [-0.4, -0.2) is 47.7 Å². The molecule has 6 nitrogen and oxygen atoms in total. The predicted molar refractivity (Wildman–Crippen MR) is 92.9 cm³/mol. The summed E-state index contributed by atoms with van der Waals surface area (Å²) in [6.07, 6.45) is 3.57. The Morgan fingerprint density at radius 2 is 2.04 bits per heavy atom. The van der Waals surface area contributed by atoms with E-state index in [-0.39, 0.29) is 23.8 Å². The first-order valence-electron chi connectivity index (χ1n) is 9.07. The number of benzene rings is 1. The molecule has 1 aromatic rings. The average molecular weight is 341 g/mol. The number of amides is 2. The molecule has 0 bridgehead atoms. The number of hydrogen-bond acceptors (Lipinski definition) is 4. The summed E-state index contributed by atoms with van der Waals surface area (Å²) in [5, 5.41) is 7.03. The maximum absolute atomic E-state index is 13.0. The molecule has 4 rings (SSSR count). The Morgan fingerprint density at radius 3 is 2.80 bits per heavy atom. The van der Waals surface area contributed by atoms with Crippen LogP contribution < -0.4 is 5.32 Å². The minimum Gasteiger partial charge on any atom is -0.382 e. The van der Waals surface area contributed by atoms with Crippen LogP contribution in [0.1, 0.15) is 37.7 Å². The number of oxime groups is 1. The monoisotopic (exact) mass is 341 g/mol. The molecule has 6 heteroatoms. The first-order chi connectivity index (χ1) is 12.2. The molecule has 3 unspecified atom stereocenters. The second-order valence-electron chi connectivity index (χ2n) is 7.07. The molecule has 132 valence electrons. The van der Waals surface area contributed by atoms with Crippen LogP contribution in [0.5, 0.6) is 0 Å². The highest BCUT2D eigenvalue weighted by atomic mass is 16.6. The van der Waals surface area contributed by atoms with E-state index < -0.39 is 6.10 Å². The fourth-order valence-corrected chi connectivity index (χ4v) is 4.12. The lowest BCUT2D eigenvalue weighted by Gasteiger charge is -2.39. The SMILES string of the molecule is O=C1CC(C2CCCCN2C(=O)C2CC(c3ccccc3)=NO2)CN1. The fourth-order valence-electron chi connectivity index (χ4n) is 4.12. The van der Waals surface area contributed by atoms with Gasteiger partial charge in [0, 0.05) is 37.9 Å². The van der Waals surface area contributed by atoms with Crippen LogP contribution in [0.2, 0.25) is 0 Å². The zero-order valence-corrected chi connectivity index (χ0v) is 14.2. The van der Waals surface area contributed by atoms with Gasteiger partial charge in [-0.05, 0) is 24.8 Å². The van der Waals surface area contributed by atoms with E-state index in [0.29, 0.717) is 19.4 Å². The number of carbonyl (C=O) groups is 2. The van der Waals surface area contributed by atoms with Crippen LogP contribution in [0.25, 0.3) is 0 Å². The van der Waals surface area contributed by atoms with E-state index in [1.165, 1.54) is 0 Å². The Morgan fingerprint density at radius 1 is 1.20 bits per heavy atom. The van der Waals surface area contributed by atoms with Gasteiger partial charge in [-0.1, -0.05) is 35.5 Å². The van der Waals surface area contributed by atoms with Gasteiger partial charge < -0.3 is 15.1 Å². The van der Waals surface area contributed by atoms with E-state index in [0.717, 1.165) is 37.1 Å². The number of piperidine rings is 1. The standard InChI is InChI=1S/C19H23N3O3/c23-18-10-14(12-20-18)16-8-4-5-9-22(16)19(24)17-11-15(21-25-17)13-6-2-1-3-7-13/h1-3,6-7,14,16-17H,4-5,8-12H2,(H,20,23). The maximum Gasteiger partial charge on any atom is 0.267 e. The van der Waals surface area contributed by atoms with Crippen molar-refractivity contribution in [1.82, 2.24) is 10.2 Å². The van der Waals surface area contributed by atoms with Crippen molar-refractivity contribution in [3.8, 4) is 0 Å². The second kappa shape index (κ2) is 6.86. The molecule has 25 heavy (non-hydrogen) atoms. The lowest BCUT2D eigenvalue weighted by atomic mass is 9.89. The number of nitrogens with one attached hydrogen (secondary N) is 1. The third kappa shape index (κ3) is 3.25. The Kier molecular flexibility index (Phi) is 4.42. The Balaban J connectivity index is 1.44. The van der Waals surface area contributed by atoms with Crippen molar-refractivity contribution in [1.29, 1.82) is 0 Å². The van der Waals surface area contributed by atoms with E-state index in [9.17, 15) is 9.59 Å². The maximum atomic E-state index is 13.0. The van der Waals surface area contributed by atoms with Crippen molar-refractivity contribution in [2.75, 3.05) is 13.1 Å². The summed E-state index contributed by atoms with van der Waals surface area (Å²) in [6, 6.07) is 9.96. The van der Waals surface area contributed by atoms with Gasteiger partial charge in [0.2, 0.25) is 12.0 Å². The van der Waals surface area contributed by atoms with Gasteiger partial charge >= 0.3 is 0 Å². The van der Waals surface area contributed by atoms with E-state index in [1.54, 1.807) is 0 Å². The van der Waals surface area contributed by atoms with Gasteiger partial charge in [-0.25, -0.2) is 0 Å². The quantitative estimate of drug-likeness (QED) is 0.909. The highest BCUT2D eigenvalue weighted by molar-refractivity contribution is 6.04. The number of rotatable bonds is 3. The van der Waals surface area contributed by atoms with E-state index in [1.807, 2.05) is 35.2 Å². The Bertz CT molecular complexity index is 688. The summed E-state index contributed by atoms with van der Waals surface area (Å²) in [4.78, 5) is 32.0. The van der Waals surface area contributed by atoms with Crippen molar-refractivity contribution < 1.29 is 14.4 Å². The summed E-state index contributed by atoms with van der Waals surface area (Å²) in [7, 11) is 0. The molecule has 0 saturated carbocycles. The number of hydrogen-bond donors (Lipinski definition) is 1. The Hall–Kier alpha value is -2.37. The van der Waals surface area contributed by atoms with E-state index >= 15 is 0 Å². The molecule has 1 aromatic carbocycles. The van der Waals surface area contributed by atoms with Gasteiger partial charge in [0.15, 0.2) is 0 Å². The average Bonchev–Trinajstić information content (AvgIpc) is 3.31. The first kappa shape index (κ1) is 16.1. The molecule has 3 atom stereocenters. The van der Waals surface area contributed by atoms with Crippen LogP contribution in [0.3, 0.4) is 0 Å². The summed E-state index contributed by atoms with van der Waals surface area (Å²) in [5.41, 5.74) is 1.82. The summed E-state index contributed by atoms with van der Waals surface area (Å²) in [6.45, 7) is 1.42. The molecule has 2 saturated heterocycles. The molecule has 2 amide bonds. The normalized spacial score (nSPS) is 29.1. The number of carbonyl (C=O) groups excluding carboxylic acids is 2. The van der Waals surface area contributed by atoms with Crippen molar-refractivity contribution in [2.24, 2.45) is 11.1 Å². The molecular weight excluding hydrogens is 318 g/mol. The summed E-state index contributed by atoms with van der Waals surface area (Å²) < 4.78 is 0. The van der Waals surface area contributed by atoms with Gasteiger partial charge in [0.1, 0.15) is 0 Å². The van der Waals surface area contributed by atoms with Gasteiger partial charge in [-0.3, -0.25) is 9.59 Å². The lowest BCUT2D eigenvalue weighted by Crippen LogP contribution is -2.51. The third-order valence-electron chi connectivity index (χ3n) is 5.44. The molecule has 3 aliphatic heterocycles. The highest BCUT2D eigenvalue weighted by Gasteiger charge is 2.41. The van der Waals surface area contributed by atoms with Crippen molar-refractivity contribution in [3.63, 3.8) is 0 Å². The van der Waals surface area contributed by atoms with Crippen molar-refractivity contribution in [3.05, 3.63) is 35.9 Å². The van der Waals surface area contributed by atoms with Crippen LogP contribution in [0, 0.1) is 5.92 Å². The van der Waals surface area contributed by atoms with Crippen LogP contribution in [-0.2, 0) is 14.4 Å². The highest BCUT2D eigenvalue weighted by Crippen LogP contribution is 2.29. The van der Waals surface area contributed by atoms with Gasteiger partial charge in [0.25, 0.3) is 5.91 Å². The largest absolute Gasteiger partial charge is 0.382 e. The Labute approximate surface area is 147 Å². The topological polar surface area (TPSA) is 71.0 Å². The van der Waals surface area contributed by atoms with Crippen LogP contribution in [0.4, 0.5) is 0 Å². The predicted octanol–water partition coefficient (Wildman–Crippen LogP) is 1.70. The first-order valence-corrected chi connectivity index (χ1v) is 9.07. The van der Waals surface area contributed by atoms with Gasteiger partial charge in [0.05, 0.1) is 5.71 Å². The zero-order valence-electron chi connectivity index (χ0n) is 14.2. The number of likely N-dealkylation sites (tertiary alicyclic amines) is 1. The molecule has 3 aliphatic rings.